The maximum absolute atomic E-state index is 2.55. The van der Waals surface area contributed by atoms with Crippen molar-refractivity contribution in [2.45, 2.75) is 33.2 Å². The van der Waals surface area contributed by atoms with Gasteiger partial charge in [0.2, 0.25) is 11.2 Å². The number of pyridine rings is 1. The molecule has 2 aliphatic rings. The summed E-state index contributed by atoms with van der Waals surface area (Å²) in [5, 5.41) is 1.38. The Kier molecular flexibility index (Phi) is 2.04. The topological polar surface area (TPSA) is 3.88 Å². The number of aryl methyl sites for hydroxylation is 3. The van der Waals surface area contributed by atoms with Gasteiger partial charge in [-0.1, -0.05) is 18.2 Å². The summed E-state index contributed by atoms with van der Waals surface area (Å²) in [6.07, 6.45) is 2.37. The molecule has 0 saturated heterocycles. The van der Waals surface area contributed by atoms with Crippen molar-refractivity contribution in [2.24, 2.45) is 0 Å². The quantitative estimate of drug-likeness (QED) is 0.428. The number of benzene rings is 2. The van der Waals surface area contributed by atoms with Crippen LogP contribution in [0.2, 0.25) is 0 Å². The summed E-state index contributed by atoms with van der Waals surface area (Å²) in [6, 6.07) is 13.6. The second kappa shape index (κ2) is 3.73. The van der Waals surface area contributed by atoms with Crippen molar-refractivity contribution in [3.05, 3.63) is 64.2 Å². The molecule has 1 aliphatic carbocycles. The largest absolute Gasteiger partial charge is 0.217 e. The van der Waals surface area contributed by atoms with Crippen LogP contribution in [0.15, 0.2) is 36.4 Å². The molecule has 1 aromatic heterocycles. The highest BCUT2D eigenvalue weighted by molar-refractivity contribution is 5.83. The van der Waals surface area contributed by atoms with E-state index in [0.29, 0.717) is 0 Å². The Balaban J connectivity index is 1.99. The summed E-state index contributed by atoms with van der Waals surface area (Å²) in [7, 11) is 0. The molecule has 3 aromatic rings. The van der Waals surface area contributed by atoms with Crippen LogP contribution < -0.4 is 4.57 Å². The van der Waals surface area contributed by atoms with Crippen LogP contribution in [0.1, 0.15) is 27.8 Å². The first kappa shape index (κ1) is 11.5. The van der Waals surface area contributed by atoms with Crippen molar-refractivity contribution in [1.29, 1.82) is 0 Å². The van der Waals surface area contributed by atoms with E-state index in [2.05, 4.69) is 54.8 Å². The molecule has 0 amide bonds. The number of rotatable bonds is 0. The van der Waals surface area contributed by atoms with E-state index < -0.39 is 0 Å². The van der Waals surface area contributed by atoms with Gasteiger partial charge in [0.05, 0.1) is 5.56 Å². The molecule has 2 heterocycles. The van der Waals surface area contributed by atoms with Crippen LogP contribution >= 0.6 is 0 Å². The van der Waals surface area contributed by atoms with Crippen LogP contribution in [0, 0.1) is 13.8 Å². The van der Waals surface area contributed by atoms with Gasteiger partial charge in [-0.15, -0.1) is 0 Å². The Hall–Kier alpha value is -2.15. The van der Waals surface area contributed by atoms with Gasteiger partial charge in [-0.2, -0.15) is 4.57 Å². The lowest BCUT2D eigenvalue weighted by Crippen LogP contribution is -2.35. The molecule has 0 N–H and O–H groups in total. The van der Waals surface area contributed by atoms with E-state index in [0.717, 1.165) is 6.54 Å². The van der Waals surface area contributed by atoms with Crippen molar-refractivity contribution in [2.75, 3.05) is 0 Å². The molecular formula is C20H18N+. The van der Waals surface area contributed by atoms with E-state index in [1.807, 2.05) is 0 Å². The Labute approximate surface area is 124 Å². The summed E-state index contributed by atoms with van der Waals surface area (Å²) >= 11 is 0. The van der Waals surface area contributed by atoms with Crippen LogP contribution in [0.5, 0.6) is 0 Å². The number of hydrogen-bond acceptors (Lipinski definition) is 0. The number of para-hydroxylation sites is 1. The maximum atomic E-state index is 2.55. The van der Waals surface area contributed by atoms with E-state index in [4.69, 9.17) is 0 Å². The van der Waals surface area contributed by atoms with Crippen LogP contribution in [-0.4, -0.2) is 0 Å². The molecule has 0 fully saturated rings. The molecule has 102 valence electrons. The SMILES string of the molecule is Cc1cc(C)c2c3c1CCc1cc4ccccc4[n+](c1-3)C2. The maximum Gasteiger partial charge on any atom is 0.217 e. The van der Waals surface area contributed by atoms with Gasteiger partial charge >= 0.3 is 0 Å². The molecule has 1 nitrogen and oxygen atoms in total. The Morgan fingerprint density at radius 2 is 1.71 bits per heavy atom. The van der Waals surface area contributed by atoms with Crippen LogP contribution in [0.4, 0.5) is 0 Å². The average Bonchev–Trinajstić information content (AvgIpc) is 2.89. The van der Waals surface area contributed by atoms with Gasteiger partial charge in [0.25, 0.3) is 0 Å². The molecule has 0 atom stereocenters. The molecule has 1 aliphatic heterocycles. The average molecular weight is 272 g/mol. The first-order valence-corrected chi connectivity index (χ1v) is 7.81. The molecule has 0 saturated carbocycles. The third kappa shape index (κ3) is 1.34. The molecule has 21 heavy (non-hydrogen) atoms. The lowest BCUT2D eigenvalue weighted by molar-refractivity contribution is -0.646. The summed E-state index contributed by atoms with van der Waals surface area (Å²) < 4.78 is 2.55. The van der Waals surface area contributed by atoms with Crippen molar-refractivity contribution in [3.8, 4) is 11.3 Å². The van der Waals surface area contributed by atoms with Gasteiger partial charge < -0.3 is 0 Å². The van der Waals surface area contributed by atoms with E-state index in [9.17, 15) is 0 Å². The van der Waals surface area contributed by atoms with E-state index >= 15 is 0 Å². The molecule has 0 unspecified atom stereocenters. The predicted octanol–water partition coefficient (Wildman–Crippen LogP) is 3.87. The second-order valence-electron chi connectivity index (χ2n) is 6.51. The van der Waals surface area contributed by atoms with E-state index in [1.165, 1.54) is 46.1 Å². The predicted molar refractivity (Wildman–Crippen MR) is 85.6 cm³/mol. The summed E-state index contributed by atoms with van der Waals surface area (Å²) in [6.45, 7) is 5.58. The Morgan fingerprint density at radius 1 is 0.905 bits per heavy atom. The molecule has 0 spiro atoms. The van der Waals surface area contributed by atoms with Gasteiger partial charge in [-0.3, -0.25) is 0 Å². The highest BCUT2D eigenvalue weighted by atomic mass is 15.0. The number of fused-ring (bicyclic) bond motifs is 2. The third-order valence-corrected chi connectivity index (χ3v) is 5.32. The molecule has 0 radical (unpaired) electrons. The second-order valence-corrected chi connectivity index (χ2v) is 6.51. The standard InChI is InChI=1S/C20H18N/c1-12-9-13(2)17-11-21-18-6-4-3-5-14(18)10-15-7-8-16(12)19(17)20(15)21/h3-6,9-10H,7-8,11H2,1-2H3/q+1. The first-order chi connectivity index (χ1) is 10.2. The Bertz CT molecular complexity index is 934. The van der Waals surface area contributed by atoms with Gasteiger partial charge in [0.15, 0.2) is 6.54 Å². The lowest BCUT2D eigenvalue weighted by Gasteiger charge is -2.18. The van der Waals surface area contributed by atoms with Crippen LogP contribution in [-0.2, 0) is 19.4 Å². The van der Waals surface area contributed by atoms with E-state index in [1.54, 1.807) is 16.7 Å². The molecule has 2 aromatic carbocycles. The minimum absolute atomic E-state index is 1.04. The summed E-state index contributed by atoms with van der Waals surface area (Å²) in [5.41, 5.74) is 12.0. The zero-order valence-electron chi connectivity index (χ0n) is 12.5. The van der Waals surface area contributed by atoms with E-state index in [-0.39, 0.29) is 0 Å². The summed E-state index contributed by atoms with van der Waals surface area (Å²) in [4.78, 5) is 0. The summed E-state index contributed by atoms with van der Waals surface area (Å²) in [5.74, 6) is 0. The lowest BCUT2D eigenvalue weighted by atomic mass is 9.83. The van der Waals surface area contributed by atoms with Crippen LogP contribution in [0.25, 0.3) is 22.2 Å². The first-order valence-electron chi connectivity index (χ1n) is 7.81. The number of nitrogens with zero attached hydrogens (tertiary/aromatic N) is 1. The minimum Gasteiger partial charge on any atom is -0.187 e. The molecule has 5 rings (SSSR count). The fourth-order valence-electron chi connectivity index (χ4n) is 4.36. The normalized spacial score (nSPS) is 14.6. The third-order valence-electron chi connectivity index (χ3n) is 5.32. The fraction of sp³-hybridized carbons (Fsp3) is 0.250. The zero-order valence-corrected chi connectivity index (χ0v) is 12.5. The van der Waals surface area contributed by atoms with Crippen molar-refractivity contribution >= 4 is 10.9 Å². The zero-order chi connectivity index (χ0) is 14.1. The van der Waals surface area contributed by atoms with Crippen molar-refractivity contribution < 1.29 is 4.57 Å². The molecule has 0 bridgehead atoms. The number of hydrogen-bond donors (Lipinski definition) is 0. The van der Waals surface area contributed by atoms with Crippen molar-refractivity contribution in [1.82, 2.24) is 0 Å². The van der Waals surface area contributed by atoms with Crippen LogP contribution in [0.3, 0.4) is 0 Å². The van der Waals surface area contributed by atoms with Gasteiger partial charge in [-0.25, -0.2) is 0 Å². The highest BCUT2D eigenvalue weighted by Crippen LogP contribution is 2.41. The smallest absolute Gasteiger partial charge is 0.187 e. The van der Waals surface area contributed by atoms with Gasteiger partial charge in [-0.05, 0) is 55.5 Å². The molecular weight excluding hydrogens is 254 g/mol. The van der Waals surface area contributed by atoms with Gasteiger partial charge in [0.1, 0.15) is 0 Å². The highest BCUT2D eigenvalue weighted by Gasteiger charge is 2.37. The minimum atomic E-state index is 1.04. The van der Waals surface area contributed by atoms with Gasteiger partial charge in [0, 0.05) is 22.6 Å². The monoisotopic (exact) mass is 272 g/mol. The van der Waals surface area contributed by atoms with Crippen molar-refractivity contribution in [3.63, 3.8) is 0 Å². The number of aromatic nitrogens is 1. The fourth-order valence-corrected chi connectivity index (χ4v) is 4.36. The Morgan fingerprint density at radius 3 is 2.62 bits per heavy atom. The molecule has 1 heteroatoms.